The van der Waals surface area contributed by atoms with Gasteiger partial charge in [-0.15, -0.1) is 0 Å². The fraction of sp³-hybridized carbons (Fsp3) is 0.233. The number of hydrogen-bond donors (Lipinski definition) is 0. The van der Waals surface area contributed by atoms with Gasteiger partial charge in [0.25, 0.3) is 0 Å². The third-order valence-corrected chi connectivity index (χ3v) is 5.97. The van der Waals surface area contributed by atoms with Gasteiger partial charge in [-0.3, -0.25) is 4.98 Å². The van der Waals surface area contributed by atoms with E-state index < -0.39 is 0 Å². The SMILES string of the molecule is CCc1ccc(Cc2ccc(Cc3ccc(Cc4ccc(CC)cn4)cc3)cc2)cc1. The molecule has 1 heteroatoms. The molecule has 4 rings (SSSR count). The number of aryl methyl sites for hydroxylation is 2. The van der Waals surface area contributed by atoms with E-state index in [0.29, 0.717) is 0 Å². The predicted octanol–water partition coefficient (Wildman–Crippen LogP) is 6.98. The van der Waals surface area contributed by atoms with E-state index in [1.54, 1.807) is 0 Å². The van der Waals surface area contributed by atoms with Crippen LogP contribution in [0.2, 0.25) is 0 Å². The van der Waals surface area contributed by atoms with Gasteiger partial charge in [0.2, 0.25) is 0 Å². The largest absolute Gasteiger partial charge is 0.261 e. The van der Waals surface area contributed by atoms with Crippen LogP contribution >= 0.6 is 0 Å². The van der Waals surface area contributed by atoms with E-state index in [0.717, 1.165) is 37.8 Å². The molecule has 1 nitrogen and oxygen atoms in total. The summed E-state index contributed by atoms with van der Waals surface area (Å²) in [6.07, 6.45) is 6.97. The highest BCUT2D eigenvalue weighted by Crippen LogP contribution is 2.16. The predicted molar refractivity (Wildman–Crippen MR) is 131 cm³/mol. The van der Waals surface area contributed by atoms with Gasteiger partial charge in [0, 0.05) is 18.3 Å². The minimum atomic E-state index is 0.887. The van der Waals surface area contributed by atoms with Crippen LogP contribution in [0.5, 0.6) is 0 Å². The summed E-state index contributed by atoms with van der Waals surface area (Å²) in [6.45, 7) is 4.36. The Hall–Kier alpha value is -3.19. The molecule has 3 aromatic carbocycles. The van der Waals surface area contributed by atoms with Crippen LogP contribution < -0.4 is 0 Å². The molecule has 0 amide bonds. The van der Waals surface area contributed by atoms with E-state index >= 15 is 0 Å². The molecule has 4 aromatic rings. The molecule has 0 fully saturated rings. The zero-order valence-electron chi connectivity index (χ0n) is 18.6. The van der Waals surface area contributed by atoms with Gasteiger partial charge in [-0.25, -0.2) is 0 Å². The maximum atomic E-state index is 4.58. The van der Waals surface area contributed by atoms with Gasteiger partial charge < -0.3 is 0 Å². The fourth-order valence-corrected chi connectivity index (χ4v) is 3.89. The molecule has 0 saturated heterocycles. The van der Waals surface area contributed by atoms with E-state index in [1.807, 2.05) is 6.20 Å². The van der Waals surface area contributed by atoms with Gasteiger partial charge in [-0.1, -0.05) is 92.7 Å². The van der Waals surface area contributed by atoms with Crippen LogP contribution in [0.25, 0.3) is 0 Å². The Morgan fingerprint density at radius 1 is 0.419 bits per heavy atom. The minimum absolute atomic E-state index is 0.887. The van der Waals surface area contributed by atoms with Crippen molar-refractivity contribution in [1.82, 2.24) is 4.98 Å². The number of benzene rings is 3. The van der Waals surface area contributed by atoms with Gasteiger partial charge in [0.1, 0.15) is 0 Å². The van der Waals surface area contributed by atoms with Crippen LogP contribution in [0, 0.1) is 0 Å². The summed E-state index contributed by atoms with van der Waals surface area (Å²) in [5, 5.41) is 0. The molecular formula is C30H31N. The highest BCUT2D eigenvalue weighted by atomic mass is 14.7. The van der Waals surface area contributed by atoms with E-state index in [1.165, 1.54) is 38.9 Å². The molecule has 0 bridgehead atoms. The molecule has 0 saturated carbocycles. The summed E-state index contributed by atoms with van der Waals surface area (Å²) in [7, 11) is 0. The maximum Gasteiger partial charge on any atom is 0.0447 e. The second-order valence-electron chi connectivity index (χ2n) is 8.34. The third-order valence-electron chi connectivity index (χ3n) is 5.97. The molecule has 0 N–H and O–H groups in total. The number of pyridine rings is 1. The first kappa shape index (κ1) is 21.1. The monoisotopic (exact) mass is 405 g/mol. The lowest BCUT2D eigenvalue weighted by atomic mass is 9.98. The number of hydrogen-bond acceptors (Lipinski definition) is 1. The van der Waals surface area contributed by atoms with Crippen molar-refractivity contribution in [3.63, 3.8) is 0 Å². The topological polar surface area (TPSA) is 12.9 Å². The molecule has 0 unspecified atom stereocenters. The standard InChI is InChI=1S/C30H31N/c1-3-23-5-7-25(8-6-23)19-26-9-11-27(12-10-26)20-28-13-15-29(16-14-28)21-30-18-17-24(4-2)22-31-30/h5-18,22H,3-4,19-21H2,1-2H3. The average Bonchev–Trinajstić information content (AvgIpc) is 2.82. The van der Waals surface area contributed by atoms with Crippen molar-refractivity contribution >= 4 is 0 Å². The molecule has 0 radical (unpaired) electrons. The molecule has 0 atom stereocenters. The lowest BCUT2D eigenvalue weighted by Crippen LogP contribution is -1.95. The van der Waals surface area contributed by atoms with E-state index in [2.05, 4.69) is 104 Å². The Morgan fingerprint density at radius 2 is 0.774 bits per heavy atom. The highest BCUT2D eigenvalue weighted by Gasteiger charge is 2.02. The summed E-state index contributed by atoms with van der Waals surface area (Å²) in [5.74, 6) is 0. The van der Waals surface area contributed by atoms with Crippen molar-refractivity contribution in [3.05, 3.63) is 136 Å². The Morgan fingerprint density at radius 3 is 1.13 bits per heavy atom. The number of rotatable bonds is 8. The van der Waals surface area contributed by atoms with Crippen LogP contribution in [0.1, 0.15) is 58.5 Å². The van der Waals surface area contributed by atoms with Crippen molar-refractivity contribution in [2.45, 2.75) is 46.0 Å². The lowest BCUT2D eigenvalue weighted by Gasteiger charge is -2.07. The molecule has 0 aliphatic heterocycles. The van der Waals surface area contributed by atoms with Crippen LogP contribution in [0.4, 0.5) is 0 Å². The van der Waals surface area contributed by atoms with Crippen LogP contribution in [-0.4, -0.2) is 4.98 Å². The second-order valence-corrected chi connectivity index (χ2v) is 8.34. The first-order valence-corrected chi connectivity index (χ1v) is 11.4. The highest BCUT2D eigenvalue weighted by molar-refractivity contribution is 5.34. The average molecular weight is 406 g/mol. The van der Waals surface area contributed by atoms with Gasteiger partial charge in [-0.2, -0.15) is 0 Å². The summed E-state index contributed by atoms with van der Waals surface area (Å²) >= 11 is 0. The van der Waals surface area contributed by atoms with Crippen LogP contribution in [0.15, 0.2) is 91.1 Å². The van der Waals surface area contributed by atoms with Crippen molar-refractivity contribution < 1.29 is 0 Å². The van der Waals surface area contributed by atoms with Crippen LogP contribution in [-0.2, 0) is 32.1 Å². The van der Waals surface area contributed by atoms with Crippen molar-refractivity contribution in [2.75, 3.05) is 0 Å². The first-order chi connectivity index (χ1) is 15.2. The number of aromatic nitrogens is 1. The molecular weight excluding hydrogens is 374 g/mol. The molecule has 0 aliphatic rings. The molecule has 1 heterocycles. The Bertz CT molecular complexity index is 982. The summed E-state index contributed by atoms with van der Waals surface area (Å²) in [4.78, 5) is 4.58. The van der Waals surface area contributed by atoms with Gasteiger partial charge in [-0.05, 0) is 70.7 Å². The Kier molecular flexibility index (Phi) is 6.94. The van der Waals surface area contributed by atoms with E-state index in [4.69, 9.17) is 0 Å². The smallest absolute Gasteiger partial charge is 0.0447 e. The maximum absolute atomic E-state index is 4.58. The zero-order chi connectivity index (χ0) is 21.5. The summed E-state index contributed by atoms with van der Waals surface area (Å²) < 4.78 is 0. The summed E-state index contributed by atoms with van der Waals surface area (Å²) in [6, 6.07) is 31.3. The first-order valence-electron chi connectivity index (χ1n) is 11.4. The van der Waals surface area contributed by atoms with E-state index in [9.17, 15) is 0 Å². The Labute approximate surface area is 186 Å². The van der Waals surface area contributed by atoms with Gasteiger partial charge >= 0.3 is 0 Å². The van der Waals surface area contributed by atoms with Gasteiger partial charge in [0.05, 0.1) is 0 Å². The molecule has 1 aromatic heterocycles. The van der Waals surface area contributed by atoms with Crippen molar-refractivity contribution in [1.29, 1.82) is 0 Å². The van der Waals surface area contributed by atoms with E-state index in [-0.39, 0.29) is 0 Å². The molecule has 0 aliphatic carbocycles. The quantitative estimate of drug-likeness (QED) is 0.308. The van der Waals surface area contributed by atoms with Crippen molar-refractivity contribution in [2.24, 2.45) is 0 Å². The second kappa shape index (κ2) is 10.2. The molecule has 31 heavy (non-hydrogen) atoms. The van der Waals surface area contributed by atoms with Gasteiger partial charge in [0.15, 0.2) is 0 Å². The zero-order valence-corrected chi connectivity index (χ0v) is 18.6. The Balaban J connectivity index is 1.34. The summed E-state index contributed by atoms with van der Waals surface area (Å²) in [5.41, 5.74) is 10.6. The number of nitrogens with zero attached hydrogens (tertiary/aromatic N) is 1. The van der Waals surface area contributed by atoms with Crippen molar-refractivity contribution in [3.8, 4) is 0 Å². The molecule has 0 spiro atoms. The third kappa shape index (κ3) is 5.92. The normalized spacial score (nSPS) is 10.9. The molecule has 156 valence electrons. The lowest BCUT2D eigenvalue weighted by molar-refractivity contribution is 1.03. The van der Waals surface area contributed by atoms with Crippen LogP contribution in [0.3, 0.4) is 0 Å². The fourth-order valence-electron chi connectivity index (χ4n) is 3.89. The minimum Gasteiger partial charge on any atom is -0.261 e.